The molecule has 0 atom stereocenters. The number of hydrogen-bond acceptors (Lipinski definition) is 4. The fraction of sp³-hybridized carbons (Fsp3) is 0.278. The van der Waals surface area contributed by atoms with Crippen molar-refractivity contribution >= 4 is 50.8 Å². The summed E-state index contributed by atoms with van der Waals surface area (Å²) in [5, 5.41) is 14.1. The average molecular weight is 391 g/mol. The Morgan fingerprint density at radius 2 is 1.92 bits per heavy atom. The lowest BCUT2D eigenvalue weighted by Crippen LogP contribution is -2.41. The molecule has 2 amide bonds. The quantitative estimate of drug-likeness (QED) is 0.629. The van der Waals surface area contributed by atoms with E-state index >= 15 is 0 Å². The zero-order valence-electron chi connectivity index (χ0n) is 14.6. The Hall–Kier alpha value is -2.38. The van der Waals surface area contributed by atoms with Crippen LogP contribution >= 0.6 is 22.9 Å². The Kier molecular flexibility index (Phi) is 5.02. The summed E-state index contributed by atoms with van der Waals surface area (Å²) in [4.78, 5) is 26.1. The molecule has 0 unspecified atom stereocenters. The van der Waals surface area contributed by atoms with Gasteiger partial charge in [0, 0.05) is 21.0 Å². The van der Waals surface area contributed by atoms with Crippen LogP contribution in [0.1, 0.15) is 36.0 Å². The first-order chi connectivity index (χ1) is 12.2. The molecule has 3 N–H and O–H groups in total. The predicted octanol–water partition coefficient (Wildman–Crippen LogP) is 3.99. The molecule has 0 saturated carbocycles. The minimum atomic E-state index is -0.271. The van der Waals surface area contributed by atoms with Crippen molar-refractivity contribution < 1.29 is 9.59 Å². The van der Waals surface area contributed by atoms with Crippen LogP contribution in [0, 0.1) is 0 Å². The fourth-order valence-corrected chi connectivity index (χ4v) is 3.57. The monoisotopic (exact) mass is 390 g/mol. The highest BCUT2D eigenvalue weighted by Crippen LogP contribution is 2.30. The van der Waals surface area contributed by atoms with Gasteiger partial charge in [0.25, 0.3) is 5.91 Å². The van der Waals surface area contributed by atoms with Gasteiger partial charge < -0.3 is 10.6 Å². The maximum Gasteiger partial charge on any atom is 0.256 e. The number of benzene rings is 1. The van der Waals surface area contributed by atoms with Crippen LogP contribution in [-0.2, 0) is 11.2 Å². The molecule has 0 spiro atoms. The van der Waals surface area contributed by atoms with E-state index in [0.29, 0.717) is 16.4 Å². The number of fused-ring (bicyclic) bond motifs is 1. The van der Waals surface area contributed by atoms with Gasteiger partial charge in [-0.25, -0.2) is 0 Å². The highest BCUT2D eigenvalue weighted by molar-refractivity contribution is 7.18. The van der Waals surface area contributed by atoms with Crippen molar-refractivity contribution in [3.8, 4) is 0 Å². The lowest BCUT2D eigenvalue weighted by atomic mass is 10.1. The lowest BCUT2D eigenvalue weighted by molar-refractivity contribution is -0.121. The number of nitrogens with zero attached hydrogens (tertiary/aromatic N) is 1. The van der Waals surface area contributed by atoms with E-state index in [1.165, 1.54) is 11.3 Å². The molecule has 136 valence electrons. The molecule has 0 saturated heterocycles. The van der Waals surface area contributed by atoms with E-state index in [1.54, 1.807) is 24.3 Å². The van der Waals surface area contributed by atoms with Crippen LogP contribution < -0.4 is 10.6 Å². The zero-order chi connectivity index (χ0) is 18.9. The number of amides is 2. The molecule has 3 aromatic rings. The van der Waals surface area contributed by atoms with Crippen LogP contribution in [0.3, 0.4) is 0 Å². The molecular formula is C18H19ClN4O2S. The first-order valence-corrected chi connectivity index (χ1v) is 9.25. The minimum Gasteiger partial charge on any atom is -0.351 e. The van der Waals surface area contributed by atoms with Gasteiger partial charge in [0.2, 0.25) is 5.91 Å². The molecule has 3 rings (SSSR count). The van der Waals surface area contributed by atoms with Crippen molar-refractivity contribution in [2.75, 3.05) is 5.32 Å². The first kappa shape index (κ1) is 18.4. The number of carbonyl (C=O) groups is 2. The van der Waals surface area contributed by atoms with Crippen molar-refractivity contribution in [3.63, 3.8) is 0 Å². The van der Waals surface area contributed by atoms with E-state index in [0.717, 1.165) is 15.1 Å². The van der Waals surface area contributed by atoms with Crippen molar-refractivity contribution in [3.05, 3.63) is 45.8 Å². The summed E-state index contributed by atoms with van der Waals surface area (Å²) in [5.41, 5.74) is 0.226. The fourth-order valence-electron chi connectivity index (χ4n) is 2.45. The number of rotatable bonds is 4. The third-order valence-corrected chi connectivity index (χ3v) is 4.78. The number of halogens is 1. The van der Waals surface area contributed by atoms with Gasteiger partial charge >= 0.3 is 0 Å². The summed E-state index contributed by atoms with van der Waals surface area (Å²) in [6.07, 6.45) is 0.281. The number of nitrogens with one attached hydrogen (secondary N) is 3. The molecule has 0 aliphatic carbocycles. The van der Waals surface area contributed by atoms with Crippen LogP contribution in [0.15, 0.2) is 30.3 Å². The Balaban J connectivity index is 1.74. The zero-order valence-corrected chi connectivity index (χ0v) is 16.2. The number of anilines is 1. The molecular weight excluding hydrogens is 372 g/mol. The van der Waals surface area contributed by atoms with Crippen LogP contribution in [0.25, 0.3) is 10.2 Å². The van der Waals surface area contributed by atoms with E-state index in [2.05, 4.69) is 20.8 Å². The summed E-state index contributed by atoms with van der Waals surface area (Å²) in [7, 11) is 0. The third-order valence-electron chi connectivity index (χ3n) is 3.50. The number of aromatic nitrogens is 2. The SMILES string of the molecule is CC(C)(C)NC(=O)Cc1cc2c(NC(=O)c3ccc(Cl)cc3)[nH]nc2s1. The van der Waals surface area contributed by atoms with Gasteiger partial charge in [-0.3, -0.25) is 14.7 Å². The van der Waals surface area contributed by atoms with Crippen LogP contribution in [0.4, 0.5) is 5.82 Å². The lowest BCUT2D eigenvalue weighted by Gasteiger charge is -2.20. The second kappa shape index (κ2) is 7.09. The highest BCUT2D eigenvalue weighted by Gasteiger charge is 2.17. The Morgan fingerprint density at radius 1 is 1.23 bits per heavy atom. The summed E-state index contributed by atoms with van der Waals surface area (Å²) in [6, 6.07) is 8.51. The van der Waals surface area contributed by atoms with Crippen LogP contribution in [-0.4, -0.2) is 27.6 Å². The van der Waals surface area contributed by atoms with E-state index in [9.17, 15) is 9.59 Å². The molecule has 0 aliphatic heterocycles. The van der Waals surface area contributed by atoms with Crippen LogP contribution in [0.2, 0.25) is 5.02 Å². The van der Waals surface area contributed by atoms with E-state index < -0.39 is 0 Å². The van der Waals surface area contributed by atoms with Gasteiger partial charge in [-0.05, 0) is 51.1 Å². The Labute approximate surface area is 159 Å². The molecule has 0 bridgehead atoms. The number of H-pyrrole nitrogens is 1. The third kappa shape index (κ3) is 4.42. The van der Waals surface area contributed by atoms with Gasteiger partial charge in [-0.2, -0.15) is 5.10 Å². The first-order valence-electron chi connectivity index (χ1n) is 8.06. The van der Waals surface area contributed by atoms with Gasteiger partial charge in [-0.15, -0.1) is 11.3 Å². The highest BCUT2D eigenvalue weighted by atomic mass is 35.5. The topological polar surface area (TPSA) is 86.9 Å². The second-order valence-corrected chi connectivity index (χ2v) is 8.52. The van der Waals surface area contributed by atoms with E-state index in [1.807, 2.05) is 26.8 Å². The average Bonchev–Trinajstić information content (AvgIpc) is 3.07. The summed E-state index contributed by atoms with van der Waals surface area (Å²) < 4.78 is 0. The number of hydrogen-bond donors (Lipinski definition) is 3. The largest absolute Gasteiger partial charge is 0.351 e. The molecule has 1 aromatic carbocycles. The van der Waals surface area contributed by atoms with Crippen molar-refractivity contribution in [2.24, 2.45) is 0 Å². The second-order valence-electron chi connectivity index (χ2n) is 6.97. The maximum atomic E-state index is 12.3. The minimum absolute atomic E-state index is 0.0443. The number of aromatic amines is 1. The van der Waals surface area contributed by atoms with E-state index in [4.69, 9.17) is 11.6 Å². The molecule has 8 heteroatoms. The summed E-state index contributed by atoms with van der Waals surface area (Å²) >= 11 is 7.27. The van der Waals surface area contributed by atoms with Crippen molar-refractivity contribution in [2.45, 2.75) is 32.7 Å². The maximum absolute atomic E-state index is 12.3. The van der Waals surface area contributed by atoms with Gasteiger partial charge in [0.1, 0.15) is 10.6 Å². The molecule has 26 heavy (non-hydrogen) atoms. The molecule has 0 fully saturated rings. The normalized spacial score (nSPS) is 11.5. The van der Waals surface area contributed by atoms with Gasteiger partial charge in [0.05, 0.1) is 11.8 Å². The molecule has 6 nitrogen and oxygen atoms in total. The van der Waals surface area contributed by atoms with Crippen molar-refractivity contribution in [1.29, 1.82) is 0 Å². The molecule has 0 aliphatic rings. The summed E-state index contributed by atoms with van der Waals surface area (Å²) in [6.45, 7) is 5.82. The van der Waals surface area contributed by atoms with E-state index in [-0.39, 0.29) is 23.8 Å². The Bertz CT molecular complexity index is 954. The van der Waals surface area contributed by atoms with Gasteiger partial charge in [0.15, 0.2) is 0 Å². The molecule has 2 aromatic heterocycles. The standard InChI is InChI=1S/C18H19ClN4O2S/c1-18(2,3)21-14(24)9-12-8-13-15(22-23-17(13)26-12)20-16(25)10-4-6-11(19)7-5-10/h4-8H,9H2,1-3H3,(H,21,24)(H2,20,22,23,25). The van der Waals surface area contributed by atoms with Crippen LogP contribution in [0.5, 0.6) is 0 Å². The molecule has 0 radical (unpaired) electrons. The van der Waals surface area contributed by atoms with Gasteiger partial charge in [-0.1, -0.05) is 11.6 Å². The predicted molar refractivity (Wildman–Crippen MR) is 105 cm³/mol. The molecule has 2 heterocycles. The summed E-state index contributed by atoms with van der Waals surface area (Å²) in [5.74, 6) is 0.209. The van der Waals surface area contributed by atoms with Crippen molar-refractivity contribution in [1.82, 2.24) is 15.5 Å². The smallest absolute Gasteiger partial charge is 0.256 e. The number of thiophene rings is 1. The Morgan fingerprint density at radius 3 is 2.58 bits per heavy atom. The number of carbonyl (C=O) groups excluding carboxylic acids is 2.